The van der Waals surface area contributed by atoms with Gasteiger partial charge in [-0.2, -0.15) is 0 Å². The minimum atomic E-state index is -1.52. The van der Waals surface area contributed by atoms with Crippen molar-refractivity contribution in [2.24, 2.45) is 5.92 Å². The van der Waals surface area contributed by atoms with Gasteiger partial charge in [0, 0.05) is 54.2 Å². The SMILES string of the molecule is Cc1c(F)cc2nc3c(c4c2c1CC[C@H]4N1CC(CO)C1)Cn1c-3cc2c(c1=O)COC(=O)[C@H]2O. The first kappa shape index (κ1) is 21.2. The molecule has 0 spiro atoms. The maximum absolute atomic E-state index is 14.9. The number of ether oxygens (including phenoxy) is 1. The number of aromatic nitrogens is 2. The van der Waals surface area contributed by atoms with E-state index in [9.17, 15) is 24.2 Å². The lowest BCUT2D eigenvalue weighted by molar-refractivity contribution is -0.157. The van der Waals surface area contributed by atoms with Crippen LogP contribution in [0.4, 0.5) is 4.39 Å². The molecule has 0 bridgehead atoms. The van der Waals surface area contributed by atoms with Crippen LogP contribution >= 0.6 is 0 Å². The number of likely N-dealkylation sites (tertiary alicyclic amines) is 1. The molecule has 5 heterocycles. The van der Waals surface area contributed by atoms with Crippen molar-refractivity contribution in [3.8, 4) is 11.4 Å². The number of esters is 1. The lowest BCUT2D eigenvalue weighted by atomic mass is 9.79. The summed E-state index contributed by atoms with van der Waals surface area (Å²) in [6.45, 7) is 3.70. The van der Waals surface area contributed by atoms with Crippen LogP contribution in [0.15, 0.2) is 16.9 Å². The van der Waals surface area contributed by atoms with Gasteiger partial charge < -0.3 is 19.5 Å². The molecule has 35 heavy (non-hydrogen) atoms. The number of halogens is 1. The Bertz CT molecular complexity index is 1520. The van der Waals surface area contributed by atoms with Crippen LogP contribution in [0.1, 0.15) is 51.9 Å². The van der Waals surface area contributed by atoms with Crippen LogP contribution in [0, 0.1) is 18.7 Å². The number of pyridine rings is 2. The van der Waals surface area contributed by atoms with Gasteiger partial charge in [0.2, 0.25) is 0 Å². The zero-order valence-electron chi connectivity index (χ0n) is 19.2. The molecule has 0 radical (unpaired) electrons. The van der Waals surface area contributed by atoms with E-state index in [0.717, 1.165) is 48.0 Å². The Morgan fingerprint density at radius 3 is 2.77 bits per heavy atom. The van der Waals surface area contributed by atoms with E-state index in [1.807, 2.05) is 0 Å². The van der Waals surface area contributed by atoms with E-state index in [0.29, 0.717) is 29.0 Å². The number of rotatable bonds is 2. The number of aliphatic hydroxyl groups is 2. The molecule has 1 aliphatic carbocycles. The summed E-state index contributed by atoms with van der Waals surface area (Å²) >= 11 is 0. The number of hydrogen-bond donors (Lipinski definition) is 2. The second kappa shape index (κ2) is 7.19. The average molecular weight is 477 g/mol. The summed E-state index contributed by atoms with van der Waals surface area (Å²) in [6, 6.07) is 3.22. The lowest BCUT2D eigenvalue weighted by Gasteiger charge is -2.46. The highest BCUT2D eigenvalue weighted by atomic mass is 19.1. The van der Waals surface area contributed by atoms with Gasteiger partial charge >= 0.3 is 5.97 Å². The number of carbonyl (C=O) groups excluding carboxylic acids is 1. The normalized spacial score (nSPS) is 23.0. The Hall–Kier alpha value is -3.14. The van der Waals surface area contributed by atoms with Crippen molar-refractivity contribution in [2.75, 3.05) is 19.7 Å². The van der Waals surface area contributed by atoms with Crippen molar-refractivity contribution in [3.05, 3.63) is 61.7 Å². The van der Waals surface area contributed by atoms with Gasteiger partial charge in [-0.25, -0.2) is 14.2 Å². The Morgan fingerprint density at radius 2 is 2.00 bits per heavy atom. The summed E-state index contributed by atoms with van der Waals surface area (Å²) in [5.41, 5.74) is 5.52. The topological polar surface area (TPSA) is 105 Å². The van der Waals surface area contributed by atoms with Crippen LogP contribution in [0.3, 0.4) is 0 Å². The predicted molar refractivity (Wildman–Crippen MR) is 123 cm³/mol. The van der Waals surface area contributed by atoms with Crippen molar-refractivity contribution in [3.63, 3.8) is 0 Å². The fourth-order valence-electron chi connectivity index (χ4n) is 6.42. The molecule has 3 aromatic rings. The van der Waals surface area contributed by atoms with Gasteiger partial charge in [-0.3, -0.25) is 9.69 Å². The summed E-state index contributed by atoms with van der Waals surface area (Å²) in [4.78, 5) is 32.6. The summed E-state index contributed by atoms with van der Waals surface area (Å²) < 4.78 is 21.5. The van der Waals surface area contributed by atoms with E-state index >= 15 is 0 Å². The van der Waals surface area contributed by atoms with Crippen LogP contribution in [0.25, 0.3) is 22.3 Å². The minimum absolute atomic E-state index is 0.0875. The number of aryl methyl sites for hydroxylation is 1. The van der Waals surface area contributed by atoms with Crippen molar-refractivity contribution in [1.29, 1.82) is 0 Å². The van der Waals surface area contributed by atoms with Crippen LogP contribution < -0.4 is 5.56 Å². The third-order valence-electron chi connectivity index (χ3n) is 8.30. The highest BCUT2D eigenvalue weighted by Crippen LogP contribution is 2.48. The fourth-order valence-corrected chi connectivity index (χ4v) is 6.42. The van der Waals surface area contributed by atoms with Gasteiger partial charge in [0.15, 0.2) is 6.10 Å². The molecule has 3 aliphatic heterocycles. The van der Waals surface area contributed by atoms with E-state index in [1.165, 1.54) is 6.07 Å². The van der Waals surface area contributed by atoms with Gasteiger partial charge in [-0.1, -0.05) is 0 Å². The first-order valence-electron chi connectivity index (χ1n) is 12.0. The first-order valence-corrected chi connectivity index (χ1v) is 12.0. The highest BCUT2D eigenvalue weighted by molar-refractivity contribution is 5.93. The third kappa shape index (κ3) is 2.74. The molecular weight excluding hydrogens is 453 g/mol. The molecule has 9 heteroatoms. The van der Waals surface area contributed by atoms with Gasteiger partial charge in [0.05, 0.1) is 29.0 Å². The number of cyclic esters (lactones) is 1. The molecule has 1 aromatic carbocycles. The summed E-state index contributed by atoms with van der Waals surface area (Å²) in [5, 5.41) is 20.9. The largest absolute Gasteiger partial charge is 0.458 e. The third-order valence-corrected chi connectivity index (χ3v) is 8.30. The molecule has 0 amide bonds. The number of aliphatic hydroxyl groups excluding tert-OH is 2. The van der Waals surface area contributed by atoms with Crippen molar-refractivity contribution in [2.45, 2.75) is 45.1 Å². The highest BCUT2D eigenvalue weighted by Gasteiger charge is 2.41. The van der Waals surface area contributed by atoms with Gasteiger partial charge in [0.1, 0.15) is 12.4 Å². The maximum Gasteiger partial charge on any atom is 0.340 e. The monoisotopic (exact) mass is 477 g/mol. The zero-order chi connectivity index (χ0) is 24.2. The molecule has 7 rings (SSSR count). The number of hydrogen-bond acceptors (Lipinski definition) is 7. The van der Waals surface area contributed by atoms with Gasteiger partial charge in [-0.15, -0.1) is 0 Å². The molecule has 180 valence electrons. The summed E-state index contributed by atoms with van der Waals surface area (Å²) in [5.74, 6) is -0.824. The Labute approximate surface area is 199 Å². The van der Waals surface area contributed by atoms with Gasteiger partial charge in [-0.05, 0) is 42.5 Å². The first-order chi connectivity index (χ1) is 16.9. The average Bonchev–Trinajstić information content (AvgIpc) is 3.18. The standard InChI is InChI=1S/C26H24FN3O5/c1-11-13-2-3-19(29-6-12(7-29)9-31)22-15-8-30-20(23(15)28-18(21(13)22)5-17(11)27)4-14-16(25(30)33)10-35-26(34)24(14)32/h4-5,12,19,24,31-32H,2-3,6-10H2,1H3/t19-,24+/m1/s1. The molecular formula is C26H24FN3O5. The molecule has 1 fully saturated rings. The van der Waals surface area contributed by atoms with Crippen LogP contribution in [-0.2, 0) is 29.1 Å². The lowest BCUT2D eigenvalue weighted by Crippen LogP contribution is -2.50. The molecule has 2 atom stereocenters. The Balaban J connectivity index is 1.49. The van der Waals surface area contributed by atoms with Crippen molar-refractivity contribution < 1.29 is 24.1 Å². The van der Waals surface area contributed by atoms with E-state index in [1.54, 1.807) is 17.6 Å². The zero-order valence-corrected chi connectivity index (χ0v) is 19.2. The molecule has 0 saturated carbocycles. The molecule has 8 nitrogen and oxygen atoms in total. The maximum atomic E-state index is 14.9. The van der Waals surface area contributed by atoms with Crippen LogP contribution in [-0.4, -0.2) is 50.3 Å². The number of fused-ring (bicyclic) bond motifs is 5. The predicted octanol–water partition coefficient (Wildman–Crippen LogP) is 1.87. The number of nitrogens with zero attached hydrogens (tertiary/aromatic N) is 3. The summed E-state index contributed by atoms with van der Waals surface area (Å²) in [6.07, 6.45) is 0.0472. The number of carbonyl (C=O) groups is 1. The smallest absolute Gasteiger partial charge is 0.340 e. The molecule has 0 unspecified atom stereocenters. The van der Waals surface area contributed by atoms with E-state index in [-0.39, 0.29) is 47.7 Å². The van der Waals surface area contributed by atoms with Crippen LogP contribution in [0.5, 0.6) is 0 Å². The Kier molecular flexibility index (Phi) is 4.35. The van der Waals surface area contributed by atoms with Crippen LogP contribution in [0.2, 0.25) is 0 Å². The van der Waals surface area contributed by atoms with E-state index < -0.39 is 12.1 Å². The fraction of sp³-hybridized carbons (Fsp3) is 0.423. The molecule has 2 aromatic heterocycles. The van der Waals surface area contributed by atoms with Crippen molar-refractivity contribution >= 4 is 16.9 Å². The van der Waals surface area contributed by atoms with E-state index in [4.69, 9.17) is 9.72 Å². The number of benzene rings is 1. The minimum Gasteiger partial charge on any atom is -0.458 e. The van der Waals surface area contributed by atoms with Gasteiger partial charge in [0.25, 0.3) is 5.56 Å². The summed E-state index contributed by atoms with van der Waals surface area (Å²) in [7, 11) is 0. The van der Waals surface area contributed by atoms with Crippen molar-refractivity contribution in [1.82, 2.24) is 14.5 Å². The Morgan fingerprint density at radius 1 is 1.20 bits per heavy atom. The second-order valence-electron chi connectivity index (χ2n) is 10.1. The second-order valence-corrected chi connectivity index (χ2v) is 10.1. The molecule has 1 saturated heterocycles. The quantitative estimate of drug-likeness (QED) is 0.425. The molecule has 2 N–H and O–H groups in total. The molecule has 4 aliphatic rings. The van der Waals surface area contributed by atoms with E-state index in [2.05, 4.69) is 4.90 Å².